The molecule has 1 heterocycles. The maximum Gasteiger partial charge on any atom is 0.246 e. The third kappa shape index (κ3) is 6.71. The highest BCUT2D eigenvalue weighted by Gasteiger charge is 2.20. The van der Waals surface area contributed by atoms with Gasteiger partial charge in [0.2, 0.25) is 27.6 Å². The normalized spacial score (nSPS) is 11.3. The number of aromatic nitrogens is 2. The van der Waals surface area contributed by atoms with Gasteiger partial charge in [-0.15, -0.1) is 0 Å². The number of nitrogens with one attached hydrogen (secondary N) is 1. The number of carbonyl (C=O) groups is 1. The van der Waals surface area contributed by atoms with Crippen molar-refractivity contribution < 1.29 is 22.5 Å². The lowest BCUT2D eigenvalue weighted by Gasteiger charge is -2.24. The van der Waals surface area contributed by atoms with Crippen LogP contribution in [0.1, 0.15) is 31.2 Å². The maximum atomic E-state index is 12.3. The van der Waals surface area contributed by atoms with Crippen molar-refractivity contribution in [1.82, 2.24) is 15.5 Å². The number of carbonyl (C=O) groups excluding carboxylic acids is 1. The Bertz CT molecular complexity index is 1230. The first-order chi connectivity index (χ1) is 16.2. The molecular weight excluding hydrogens is 480 g/mol. The number of hydrogen-bond donors (Lipinski definition) is 1. The summed E-state index contributed by atoms with van der Waals surface area (Å²) < 4.78 is 36.5. The topological polar surface area (TPSA) is 115 Å². The lowest BCUT2D eigenvalue weighted by atomic mass is 10.2. The molecule has 1 aromatic heterocycles. The Morgan fingerprint density at radius 2 is 1.94 bits per heavy atom. The fourth-order valence-corrected chi connectivity index (χ4v) is 4.47. The van der Waals surface area contributed by atoms with Crippen LogP contribution in [0.25, 0.3) is 11.4 Å². The molecule has 11 heteroatoms. The fraction of sp³-hybridized carbons (Fsp3) is 0.348. The number of nitrogens with zero attached hydrogens (tertiary/aromatic N) is 3. The summed E-state index contributed by atoms with van der Waals surface area (Å²) >= 11 is 6.14. The molecule has 0 fully saturated rings. The smallest absolute Gasteiger partial charge is 0.246 e. The van der Waals surface area contributed by atoms with Gasteiger partial charge in [0.05, 0.1) is 25.1 Å². The zero-order chi connectivity index (χ0) is 24.7. The number of sulfonamides is 1. The van der Waals surface area contributed by atoms with Gasteiger partial charge < -0.3 is 14.6 Å². The minimum atomic E-state index is -3.54. The summed E-state index contributed by atoms with van der Waals surface area (Å²) in [6.07, 6.45) is 1.59. The molecule has 3 aromatic rings. The lowest BCUT2D eigenvalue weighted by Crippen LogP contribution is -2.32. The molecule has 2 aromatic carbocycles. The van der Waals surface area contributed by atoms with E-state index in [2.05, 4.69) is 15.5 Å². The summed E-state index contributed by atoms with van der Waals surface area (Å²) in [5.41, 5.74) is 1.93. The maximum absolute atomic E-state index is 12.3. The van der Waals surface area contributed by atoms with Crippen molar-refractivity contribution in [1.29, 1.82) is 0 Å². The summed E-state index contributed by atoms with van der Waals surface area (Å²) in [7, 11) is -3.54. The van der Waals surface area contributed by atoms with Gasteiger partial charge in [-0.05, 0) is 62.2 Å². The van der Waals surface area contributed by atoms with E-state index in [9.17, 15) is 13.2 Å². The van der Waals surface area contributed by atoms with Gasteiger partial charge in [-0.25, -0.2) is 8.42 Å². The molecule has 0 spiro atoms. The van der Waals surface area contributed by atoms with Crippen molar-refractivity contribution in [2.75, 3.05) is 23.7 Å². The van der Waals surface area contributed by atoms with E-state index in [1.807, 2.05) is 31.2 Å². The summed E-state index contributed by atoms with van der Waals surface area (Å²) in [5, 5.41) is 7.14. The van der Waals surface area contributed by atoms with Crippen LogP contribution in [0.3, 0.4) is 0 Å². The van der Waals surface area contributed by atoms with Crippen molar-refractivity contribution in [3.63, 3.8) is 0 Å². The van der Waals surface area contributed by atoms with E-state index < -0.39 is 10.0 Å². The van der Waals surface area contributed by atoms with E-state index in [0.29, 0.717) is 35.1 Å². The molecule has 1 amide bonds. The molecule has 0 saturated heterocycles. The molecular formula is C23H27ClN4O5S. The van der Waals surface area contributed by atoms with Gasteiger partial charge in [-0.1, -0.05) is 22.8 Å². The average molecular weight is 507 g/mol. The van der Waals surface area contributed by atoms with E-state index in [1.54, 1.807) is 25.1 Å². The van der Waals surface area contributed by atoms with Crippen LogP contribution in [0.5, 0.6) is 5.75 Å². The quantitative estimate of drug-likeness (QED) is 0.418. The number of amides is 1. The second-order valence-corrected chi connectivity index (χ2v) is 9.88. The van der Waals surface area contributed by atoms with E-state index in [0.717, 1.165) is 17.6 Å². The number of hydrogen-bond acceptors (Lipinski definition) is 7. The van der Waals surface area contributed by atoms with Gasteiger partial charge in [0.15, 0.2) is 0 Å². The molecule has 0 radical (unpaired) electrons. The predicted octanol–water partition coefficient (Wildman–Crippen LogP) is 3.96. The monoisotopic (exact) mass is 506 g/mol. The summed E-state index contributed by atoms with van der Waals surface area (Å²) in [5.74, 6) is 1.18. The zero-order valence-electron chi connectivity index (χ0n) is 19.2. The molecule has 0 aliphatic rings. The second-order valence-electron chi connectivity index (χ2n) is 7.57. The van der Waals surface area contributed by atoms with Crippen LogP contribution >= 0.6 is 11.6 Å². The van der Waals surface area contributed by atoms with Crippen molar-refractivity contribution in [2.24, 2.45) is 0 Å². The van der Waals surface area contributed by atoms with Gasteiger partial charge in [0, 0.05) is 23.6 Å². The standard InChI is InChI=1S/C23H27ClN4O5S/c1-4-32-18-12-10-17(11-13-18)23-26-22(33-27-23)15-25-21(29)9-6-14-28(34(3,30)31)20-8-5-7-19(24)16(20)2/h5,7-8,10-13H,4,6,9,14-15H2,1-3H3,(H,25,29). The van der Waals surface area contributed by atoms with Gasteiger partial charge in [-0.3, -0.25) is 9.10 Å². The molecule has 182 valence electrons. The van der Waals surface area contributed by atoms with Gasteiger partial charge in [-0.2, -0.15) is 4.98 Å². The first-order valence-corrected chi connectivity index (χ1v) is 13.0. The minimum Gasteiger partial charge on any atom is -0.494 e. The van der Waals surface area contributed by atoms with E-state index in [-0.39, 0.29) is 31.3 Å². The molecule has 0 atom stereocenters. The number of benzene rings is 2. The minimum absolute atomic E-state index is 0.0755. The first-order valence-electron chi connectivity index (χ1n) is 10.7. The van der Waals surface area contributed by atoms with Crippen LogP contribution in [-0.4, -0.2) is 43.9 Å². The van der Waals surface area contributed by atoms with E-state index >= 15 is 0 Å². The SMILES string of the molecule is CCOc1ccc(-c2noc(CNC(=O)CCCN(c3cccc(Cl)c3C)S(C)(=O)=O)n2)cc1. The van der Waals surface area contributed by atoms with Gasteiger partial charge in [0.25, 0.3) is 0 Å². The largest absolute Gasteiger partial charge is 0.494 e. The number of rotatable bonds is 11. The summed E-state index contributed by atoms with van der Waals surface area (Å²) in [4.78, 5) is 16.6. The summed E-state index contributed by atoms with van der Waals surface area (Å²) in [6.45, 7) is 4.48. The third-order valence-electron chi connectivity index (χ3n) is 5.00. The van der Waals surface area contributed by atoms with Crippen molar-refractivity contribution >= 4 is 33.2 Å². The summed E-state index contributed by atoms with van der Waals surface area (Å²) in [6, 6.07) is 12.4. The predicted molar refractivity (Wildman–Crippen MR) is 130 cm³/mol. The van der Waals surface area contributed by atoms with E-state index in [1.165, 1.54) is 4.31 Å². The van der Waals surface area contributed by atoms with E-state index in [4.69, 9.17) is 20.9 Å². The molecule has 0 bridgehead atoms. The Labute approximate surface area is 204 Å². The van der Waals surface area contributed by atoms with Crippen LogP contribution in [0.15, 0.2) is 47.0 Å². The fourth-order valence-electron chi connectivity index (χ4n) is 3.29. The Hall–Kier alpha value is -3.11. The van der Waals surface area contributed by atoms with Crippen molar-refractivity contribution in [2.45, 2.75) is 33.2 Å². The number of anilines is 1. The average Bonchev–Trinajstić information content (AvgIpc) is 3.27. The molecule has 0 saturated carbocycles. The van der Waals surface area contributed by atoms with Crippen molar-refractivity contribution in [3.8, 4) is 17.1 Å². The lowest BCUT2D eigenvalue weighted by molar-refractivity contribution is -0.121. The third-order valence-corrected chi connectivity index (χ3v) is 6.59. The van der Waals surface area contributed by atoms with Crippen molar-refractivity contribution in [3.05, 3.63) is 58.9 Å². The Morgan fingerprint density at radius 3 is 2.62 bits per heavy atom. The number of ether oxygens (including phenoxy) is 1. The molecule has 0 aliphatic carbocycles. The Morgan fingerprint density at radius 1 is 1.21 bits per heavy atom. The van der Waals surface area contributed by atoms with Crippen LogP contribution in [0.4, 0.5) is 5.69 Å². The molecule has 9 nitrogen and oxygen atoms in total. The van der Waals surface area contributed by atoms with Crippen LogP contribution < -0.4 is 14.4 Å². The molecule has 34 heavy (non-hydrogen) atoms. The first kappa shape index (κ1) is 25.5. The van der Waals surface area contributed by atoms with Crippen LogP contribution in [0.2, 0.25) is 5.02 Å². The molecule has 1 N–H and O–H groups in total. The van der Waals surface area contributed by atoms with Crippen LogP contribution in [-0.2, 0) is 21.4 Å². The highest BCUT2D eigenvalue weighted by atomic mass is 35.5. The second kappa shape index (κ2) is 11.3. The van der Waals surface area contributed by atoms with Gasteiger partial charge in [0.1, 0.15) is 5.75 Å². The highest BCUT2D eigenvalue weighted by molar-refractivity contribution is 7.92. The zero-order valence-corrected chi connectivity index (χ0v) is 20.8. The highest BCUT2D eigenvalue weighted by Crippen LogP contribution is 2.28. The molecule has 3 rings (SSSR count). The molecule has 0 unspecified atom stereocenters. The Kier molecular flexibility index (Phi) is 8.51. The number of halogens is 1. The van der Waals surface area contributed by atoms with Crippen LogP contribution in [0, 0.1) is 6.92 Å². The Balaban J connectivity index is 1.52. The molecule has 0 aliphatic heterocycles. The van der Waals surface area contributed by atoms with Gasteiger partial charge >= 0.3 is 0 Å².